The minimum Gasteiger partial charge on any atom is -0.434 e. The van der Waals surface area contributed by atoms with Gasteiger partial charge in [0.05, 0.1) is 13.1 Å². The van der Waals surface area contributed by atoms with E-state index in [0.717, 1.165) is 5.56 Å². The number of guanidine groups is 1. The van der Waals surface area contributed by atoms with Crippen LogP contribution in [0.3, 0.4) is 0 Å². The van der Waals surface area contributed by atoms with Crippen molar-refractivity contribution >= 4 is 11.9 Å². The van der Waals surface area contributed by atoms with Crippen molar-refractivity contribution in [2.24, 2.45) is 4.99 Å². The molecule has 0 aliphatic carbocycles. The van der Waals surface area contributed by atoms with Crippen LogP contribution >= 0.6 is 0 Å². The van der Waals surface area contributed by atoms with Gasteiger partial charge in [0.2, 0.25) is 5.91 Å². The molecule has 1 rings (SSSR count). The molecule has 0 fully saturated rings. The number of alkyl halides is 2. The summed E-state index contributed by atoms with van der Waals surface area (Å²) in [6.07, 6.45) is 1.64. The van der Waals surface area contributed by atoms with Crippen molar-refractivity contribution in [3.8, 4) is 5.75 Å². The van der Waals surface area contributed by atoms with Gasteiger partial charge in [0.1, 0.15) is 5.75 Å². The van der Waals surface area contributed by atoms with Gasteiger partial charge in [-0.25, -0.2) is 4.99 Å². The second-order valence-electron chi connectivity index (χ2n) is 5.47. The highest BCUT2D eigenvalue weighted by atomic mass is 19.3. The van der Waals surface area contributed by atoms with E-state index in [1.165, 1.54) is 11.0 Å². The Hall–Kier alpha value is -2.64. The molecule has 0 aromatic heterocycles. The van der Waals surface area contributed by atoms with Crippen LogP contribution in [0.25, 0.3) is 0 Å². The molecule has 0 atom stereocenters. The van der Waals surface area contributed by atoms with Crippen molar-refractivity contribution in [1.29, 1.82) is 0 Å². The Morgan fingerprint density at radius 2 is 2.12 bits per heavy atom. The van der Waals surface area contributed by atoms with Crippen LogP contribution in [0.4, 0.5) is 8.78 Å². The van der Waals surface area contributed by atoms with Crippen LogP contribution in [0.15, 0.2) is 35.8 Å². The van der Waals surface area contributed by atoms with Crippen molar-refractivity contribution in [1.82, 2.24) is 15.5 Å². The first-order valence-corrected chi connectivity index (χ1v) is 7.71. The Morgan fingerprint density at radius 1 is 1.40 bits per heavy atom. The number of carbonyl (C=O) groups is 1. The van der Waals surface area contributed by atoms with Gasteiger partial charge in [-0.1, -0.05) is 23.8 Å². The monoisotopic (exact) mass is 354 g/mol. The molecule has 0 bridgehead atoms. The van der Waals surface area contributed by atoms with E-state index in [1.54, 1.807) is 32.3 Å². The molecule has 6 nitrogen and oxygen atoms in total. The number of hydrogen-bond acceptors (Lipinski definition) is 3. The topological polar surface area (TPSA) is 66.0 Å². The van der Waals surface area contributed by atoms with Gasteiger partial charge >= 0.3 is 6.61 Å². The number of benzene rings is 1. The van der Waals surface area contributed by atoms with Crippen molar-refractivity contribution in [2.45, 2.75) is 20.1 Å². The van der Waals surface area contributed by atoms with E-state index in [9.17, 15) is 13.6 Å². The summed E-state index contributed by atoms with van der Waals surface area (Å²) in [5.41, 5.74) is 1.43. The lowest BCUT2D eigenvalue weighted by Gasteiger charge is -2.15. The van der Waals surface area contributed by atoms with Crippen LogP contribution in [0, 0.1) is 6.92 Å². The van der Waals surface area contributed by atoms with Gasteiger partial charge in [-0.3, -0.25) is 4.79 Å². The molecule has 0 saturated carbocycles. The lowest BCUT2D eigenvalue weighted by atomic mass is 10.1. The smallest absolute Gasteiger partial charge is 0.387 e. The van der Waals surface area contributed by atoms with Gasteiger partial charge in [-0.15, -0.1) is 6.58 Å². The molecule has 2 N–H and O–H groups in total. The van der Waals surface area contributed by atoms with E-state index in [1.807, 2.05) is 6.92 Å². The van der Waals surface area contributed by atoms with E-state index in [4.69, 9.17) is 0 Å². The number of carbonyl (C=O) groups excluding carboxylic acids is 1. The van der Waals surface area contributed by atoms with Gasteiger partial charge in [-0.05, 0) is 13.0 Å². The zero-order valence-electron chi connectivity index (χ0n) is 14.7. The number of likely N-dealkylation sites (N-methyl/N-ethyl adjacent to an activating group) is 1. The summed E-state index contributed by atoms with van der Waals surface area (Å²) in [5, 5.41) is 5.86. The maximum atomic E-state index is 12.5. The molecule has 0 radical (unpaired) electrons. The summed E-state index contributed by atoms with van der Waals surface area (Å²) in [5.74, 6) is 0.335. The predicted molar refractivity (Wildman–Crippen MR) is 93.8 cm³/mol. The van der Waals surface area contributed by atoms with Gasteiger partial charge in [0, 0.05) is 26.2 Å². The van der Waals surface area contributed by atoms with Crippen LogP contribution in [-0.2, 0) is 11.3 Å². The summed E-state index contributed by atoms with van der Waals surface area (Å²) in [4.78, 5) is 17.4. The SMILES string of the molecule is C=CCNC(=NCc1cc(C)ccc1OC(F)F)NCC(=O)N(C)C. The normalized spacial score (nSPS) is 11.2. The fourth-order valence-electron chi connectivity index (χ4n) is 1.87. The van der Waals surface area contributed by atoms with Gasteiger partial charge in [0.15, 0.2) is 5.96 Å². The van der Waals surface area contributed by atoms with E-state index in [0.29, 0.717) is 18.1 Å². The van der Waals surface area contributed by atoms with Crippen LogP contribution in [-0.4, -0.2) is 50.6 Å². The van der Waals surface area contributed by atoms with Crippen LogP contribution in [0.2, 0.25) is 0 Å². The van der Waals surface area contributed by atoms with Crippen molar-refractivity contribution in [2.75, 3.05) is 27.2 Å². The zero-order valence-corrected chi connectivity index (χ0v) is 14.7. The highest BCUT2D eigenvalue weighted by molar-refractivity contribution is 5.86. The van der Waals surface area contributed by atoms with E-state index in [-0.39, 0.29) is 24.7 Å². The summed E-state index contributed by atoms with van der Waals surface area (Å²) in [7, 11) is 3.30. The summed E-state index contributed by atoms with van der Waals surface area (Å²) >= 11 is 0. The van der Waals surface area contributed by atoms with Gasteiger partial charge in [0.25, 0.3) is 0 Å². The maximum Gasteiger partial charge on any atom is 0.387 e. The lowest BCUT2D eigenvalue weighted by molar-refractivity contribution is -0.127. The third-order valence-electron chi connectivity index (χ3n) is 3.16. The first-order valence-electron chi connectivity index (χ1n) is 7.71. The highest BCUT2D eigenvalue weighted by Gasteiger charge is 2.10. The Morgan fingerprint density at radius 3 is 2.72 bits per heavy atom. The van der Waals surface area contributed by atoms with Crippen LogP contribution < -0.4 is 15.4 Å². The van der Waals surface area contributed by atoms with Crippen LogP contribution in [0.5, 0.6) is 5.75 Å². The molecular weight excluding hydrogens is 330 g/mol. The minimum atomic E-state index is -2.90. The third-order valence-corrected chi connectivity index (χ3v) is 3.16. The number of nitrogens with one attached hydrogen (secondary N) is 2. The highest BCUT2D eigenvalue weighted by Crippen LogP contribution is 2.22. The molecule has 138 valence electrons. The van der Waals surface area contributed by atoms with Gasteiger partial charge < -0.3 is 20.3 Å². The lowest BCUT2D eigenvalue weighted by Crippen LogP contribution is -2.43. The maximum absolute atomic E-state index is 12.5. The van der Waals surface area contributed by atoms with E-state index in [2.05, 4.69) is 26.9 Å². The second-order valence-corrected chi connectivity index (χ2v) is 5.47. The van der Waals surface area contributed by atoms with Crippen molar-refractivity contribution in [3.63, 3.8) is 0 Å². The number of nitrogens with zero attached hydrogens (tertiary/aromatic N) is 2. The predicted octanol–water partition coefficient (Wildman–Crippen LogP) is 1.91. The molecule has 0 heterocycles. The number of halogens is 2. The molecule has 0 aliphatic rings. The van der Waals surface area contributed by atoms with E-state index >= 15 is 0 Å². The molecule has 1 aromatic rings. The van der Waals surface area contributed by atoms with Gasteiger partial charge in [-0.2, -0.15) is 8.78 Å². The largest absolute Gasteiger partial charge is 0.434 e. The number of ether oxygens (including phenoxy) is 1. The number of hydrogen-bond donors (Lipinski definition) is 2. The Kier molecular flexibility index (Phi) is 8.38. The fraction of sp³-hybridized carbons (Fsp3) is 0.412. The summed E-state index contributed by atoms with van der Waals surface area (Å²) in [6, 6.07) is 4.92. The Labute approximate surface area is 146 Å². The number of amides is 1. The first kappa shape index (κ1) is 20.4. The molecule has 0 aliphatic heterocycles. The number of rotatable bonds is 8. The fourth-order valence-corrected chi connectivity index (χ4v) is 1.87. The molecular formula is C17H24F2N4O2. The van der Waals surface area contributed by atoms with Crippen LogP contribution in [0.1, 0.15) is 11.1 Å². The summed E-state index contributed by atoms with van der Waals surface area (Å²) < 4.78 is 29.6. The minimum absolute atomic E-state index is 0.0597. The van der Waals surface area contributed by atoms with E-state index < -0.39 is 6.61 Å². The molecule has 1 aromatic carbocycles. The quantitative estimate of drug-likeness (QED) is 0.425. The first-order chi connectivity index (χ1) is 11.8. The average molecular weight is 354 g/mol. The van der Waals surface area contributed by atoms with Crippen molar-refractivity contribution < 1.29 is 18.3 Å². The second kappa shape index (κ2) is 10.3. The number of aryl methyl sites for hydroxylation is 1. The molecule has 0 saturated heterocycles. The van der Waals surface area contributed by atoms with Crippen molar-refractivity contribution in [3.05, 3.63) is 42.0 Å². The number of aliphatic imine (C=N–C) groups is 1. The molecule has 0 spiro atoms. The zero-order chi connectivity index (χ0) is 18.8. The molecule has 0 unspecified atom stereocenters. The third kappa shape index (κ3) is 7.65. The standard InChI is InChI=1S/C17H24F2N4O2/c1-5-8-20-17(22-11-15(24)23(3)4)21-10-13-9-12(2)6-7-14(13)25-16(18)19/h5-7,9,16H,1,8,10-11H2,2-4H3,(H2,20,21,22). The average Bonchev–Trinajstić information content (AvgIpc) is 2.55. The Bertz CT molecular complexity index is 619. The Balaban J connectivity index is 2.88. The molecule has 25 heavy (non-hydrogen) atoms. The summed E-state index contributed by atoms with van der Waals surface area (Å²) in [6.45, 7) is 3.18. The molecule has 8 heteroatoms. The molecule has 1 amide bonds.